The SMILES string of the molecule is CNC(Cc1ccc(Br)cc1)c1cc(Br)c(Br)s1. The van der Waals surface area contributed by atoms with Gasteiger partial charge in [0.25, 0.3) is 0 Å². The molecule has 0 saturated carbocycles. The van der Waals surface area contributed by atoms with Crippen LogP contribution in [-0.4, -0.2) is 7.05 Å². The highest BCUT2D eigenvalue weighted by molar-refractivity contribution is 9.13. The molecule has 1 aromatic carbocycles. The monoisotopic (exact) mass is 451 g/mol. The van der Waals surface area contributed by atoms with Crippen LogP contribution >= 0.6 is 59.1 Å². The van der Waals surface area contributed by atoms with Gasteiger partial charge >= 0.3 is 0 Å². The number of hydrogen-bond donors (Lipinski definition) is 1. The molecule has 2 aromatic rings. The smallest absolute Gasteiger partial charge is 0.0843 e. The normalized spacial score (nSPS) is 12.7. The molecule has 5 heteroatoms. The summed E-state index contributed by atoms with van der Waals surface area (Å²) in [7, 11) is 2.01. The first-order chi connectivity index (χ1) is 8.60. The molecule has 96 valence electrons. The lowest BCUT2D eigenvalue weighted by atomic mass is 10.1. The van der Waals surface area contributed by atoms with E-state index < -0.39 is 0 Å². The number of rotatable bonds is 4. The van der Waals surface area contributed by atoms with Crippen molar-refractivity contribution in [3.8, 4) is 0 Å². The summed E-state index contributed by atoms with van der Waals surface area (Å²) in [6.45, 7) is 0. The fourth-order valence-corrected chi connectivity index (χ4v) is 4.20. The fraction of sp³-hybridized carbons (Fsp3) is 0.231. The first-order valence-electron chi connectivity index (χ1n) is 5.46. The number of benzene rings is 1. The van der Waals surface area contributed by atoms with Crippen LogP contribution in [0.15, 0.2) is 43.1 Å². The standard InChI is InChI=1S/C13H12Br3NS/c1-17-11(12-7-10(15)13(16)18-12)6-8-2-4-9(14)5-3-8/h2-5,7,11,17H,6H2,1H3. The van der Waals surface area contributed by atoms with Crippen LogP contribution in [0.5, 0.6) is 0 Å². The summed E-state index contributed by atoms with van der Waals surface area (Å²) in [6.07, 6.45) is 0.989. The molecule has 1 heterocycles. The molecule has 0 aliphatic carbocycles. The van der Waals surface area contributed by atoms with Gasteiger partial charge in [-0.25, -0.2) is 0 Å². The second-order valence-electron chi connectivity index (χ2n) is 3.94. The number of hydrogen-bond acceptors (Lipinski definition) is 2. The molecule has 1 nitrogen and oxygen atoms in total. The van der Waals surface area contributed by atoms with E-state index in [1.165, 1.54) is 10.4 Å². The first-order valence-corrected chi connectivity index (χ1v) is 8.66. The van der Waals surface area contributed by atoms with Crippen LogP contribution in [0.25, 0.3) is 0 Å². The van der Waals surface area contributed by atoms with Crippen molar-refractivity contribution < 1.29 is 0 Å². The quantitative estimate of drug-likeness (QED) is 0.641. The summed E-state index contributed by atoms with van der Waals surface area (Å²) in [6, 6.07) is 11.0. The molecule has 1 aromatic heterocycles. The summed E-state index contributed by atoms with van der Waals surface area (Å²) in [4.78, 5) is 1.33. The van der Waals surface area contributed by atoms with E-state index in [0.29, 0.717) is 6.04 Å². The van der Waals surface area contributed by atoms with Gasteiger partial charge in [-0.2, -0.15) is 0 Å². The van der Waals surface area contributed by atoms with Crippen LogP contribution in [0, 0.1) is 0 Å². The van der Waals surface area contributed by atoms with Crippen LogP contribution in [-0.2, 0) is 6.42 Å². The van der Waals surface area contributed by atoms with E-state index in [1.807, 2.05) is 7.05 Å². The Morgan fingerprint density at radius 1 is 1.17 bits per heavy atom. The maximum absolute atomic E-state index is 3.55. The number of halogens is 3. The highest BCUT2D eigenvalue weighted by Gasteiger charge is 2.14. The summed E-state index contributed by atoms with van der Waals surface area (Å²) in [5.41, 5.74) is 1.33. The van der Waals surface area contributed by atoms with E-state index in [1.54, 1.807) is 11.3 Å². The van der Waals surface area contributed by atoms with E-state index in [0.717, 1.165) is 19.2 Å². The molecule has 0 radical (unpaired) electrons. The van der Waals surface area contributed by atoms with E-state index in [-0.39, 0.29) is 0 Å². The minimum atomic E-state index is 0.346. The molecule has 0 spiro atoms. The van der Waals surface area contributed by atoms with Gasteiger partial charge < -0.3 is 5.32 Å². The van der Waals surface area contributed by atoms with Crippen molar-refractivity contribution in [1.29, 1.82) is 0 Å². The number of likely N-dealkylation sites (N-methyl/N-ethyl adjacent to an activating group) is 1. The summed E-state index contributed by atoms with van der Waals surface area (Å²) < 4.78 is 3.39. The molecule has 1 N–H and O–H groups in total. The third kappa shape index (κ3) is 3.67. The molecule has 0 saturated heterocycles. The van der Waals surface area contributed by atoms with Crippen molar-refractivity contribution in [3.05, 3.63) is 53.5 Å². The third-order valence-corrected chi connectivity index (χ3v) is 6.61. The van der Waals surface area contributed by atoms with Gasteiger partial charge in [-0.1, -0.05) is 28.1 Å². The Morgan fingerprint density at radius 3 is 2.33 bits per heavy atom. The molecule has 0 aliphatic heterocycles. The van der Waals surface area contributed by atoms with Crippen molar-refractivity contribution >= 4 is 59.1 Å². The molecule has 1 atom stereocenters. The van der Waals surface area contributed by atoms with Crippen LogP contribution in [0.2, 0.25) is 0 Å². The molecule has 2 rings (SSSR count). The lowest BCUT2D eigenvalue weighted by molar-refractivity contribution is 0.602. The topological polar surface area (TPSA) is 12.0 Å². The Bertz CT molecular complexity index is 502. The molecule has 1 unspecified atom stereocenters. The van der Waals surface area contributed by atoms with Crippen LogP contribution in [0.4, 0.5) is 0 Å². The Hall–Kier alpha value is 0.320. The lowest BCUT2D eigenvalue weighted by Crippen LogP contribution is -2.17. The van der Waals surface area contributed by atoms with Crippen LogP contribution < -0.4 is 5.32 Å². The molecule has 0 amide bonds. The summed E-state index contributed by atoms with van der Waals surface area (Å²) in [5, 5.41) is 3.38. The van der Waals surface area contributed by atoms with Gasteiger partial charge in [0, 0.05) is 19.9 Å². The Kier molecular flexibility index (Phi) is 5.45. The minimum Gasteiger partial charge on any atom is -0.312 e. The van der Waals surface area contributed by atoms with Crippen molar-refractivity contribution in [2.45, 2.75) is 12.5 Å². The van der Waals surface area contributed by atoms with E-state index >= 15 is 0 Å². The van der Waals surface area contributed by atoms with E-state index in [9.17, 15) is 0 Å². The van der Waals surface area contributed by atoms with Gasteiger partial charge in [-0.05, 0) is 69.1 Å². The summed E-state index contributed by atoms with van der Waals surface area (Å²) in [5.74, 6) is 0. The first kappa shape index (κ1) is 14.7. The largest absolute Gasteiger partial charge is 0.312 e. The van der Waals surface area contributed by atoms with E-state index in [2.05, 4.69) is 83.4 Å². The van der Waals surface area contributed by atoms with Crippen molar-refractivity contribution in [2.75, 3.05) is 7.05 Å². The molecule has 0 bridgehead atoms. The molecule has 0 aliphatic rings. The van der Waals surface area contributed by atoms with Gasteiger partial charge in [-0.3, -0.25) is 0 Å². The van der Waals surface area contributed by atoms with Crippen molar-refractivity contribution in [2.24, 2.45) is 0 Å². The minimum absolute atomic E-state index is 0.346. The highest BCUT2D eigenvalue weighted by Crippen LogP contribution is 2.36. The molecule has 0 fully saturated rings. The molecular weight excluding hydrogens is 442 g/mol. The number of thiophene rings is 1. The zero-order chi connectivity index (χ0) is 13.1. The molecular formula is C13H12Br3NS. The number of nitrogens with one attached hydrogen (secondary N) is 1. The Morgan fingerprint density at radius 2 is 1.83 bits per heavy atom. The maximum atomic E-state index is 3.55. The second kappa shape index (κ2) is 6.66. The van der Waals surface area contributed by atoms with Crippen LogP contribution in [0.3, 0.4) is 0 Å². The van der Waals surface area contributed by atoms with Crippen molar-refractivity contribution in [3.63, 3.8) is 0 Å². The third-order valence-electron chi connectivity index (χ3n) is 2.71. The molecule has 18 heavy (non-hydrogen) atoms. The zero-order valence-corrected chi connectivity index (χ0v) is 15.3. The van der Waals surface area contributed by atoms with Gasteiger partial charge in [-0.15, -0.1) is 11.3 Å². The Labute approximate surface area is 136 Å². The fourth-order valence-electron chi connectivity index (χ4n) is 1.74. The maximum Gasteiger partial charge on any atom is 0.0843 e. The average molecular weight is 454 g/mol. The van der Waals surface area contributed by atoms with E-state index in [4.69, 9.17) is 0 Å². The lowest BCUT2D eigenvalue weighted by Gasteiger charge is -2.14. The van der Waals surface area contributed by atoms with Crippen LogP contribution in [0.1, 0.15) is 16.5 Å². The van der Waals surface area contributed by atoms with Gasteiger partial charge in [0.2, 0.25) is 0 Å². The second-order valence-corrected chi connectivity index (χ2v) is 8.11. The zero-order valence-electron chi connectivity index (χ0n) is 9.71. The Balaban J connectivity index is 2.16. The average Bonchev–Trinajstić information content (AvgIpc) is 2.69. The predicted octanol–water partition coefficient (Wildman–Crippen LogP) is 5.54. The van der Waals surface area contributed by atoms with Gasteiger partial charge in [0.1, 0.15) is 0 Å². The highest BCUT2D eigenvalue weighted by atomic mass is 79.9. The van der Waals surface area contributed by atoms with Crippen molar-refractivity contribution in [1.82, 2.24) is 5.32 Å². The predicted molar refractivity (Wildman–Crippen MR) is 89.4 cm³/mol. The summed E-state index contributed by atoms with van der Waals surface area (Å²) >= 11 is 12.3. The van der Waals surface area contributed by atoms with Gasteiger partial charge in [0.15, 0.2) is 0 Å². The van der Waals surface area contributed by atoms with Gasteiger partial charge in [0.05, 0.1) is 3.79 Å².